The van der Waals surface area contributed by atoms with Crippen LogP contribution in [0.25, 0.3) is 0 Å². The van der Waals surface area contributed by atoms with E-state index in [1.54, 1.807) is 12.1 Å². The lowest BCUT2D eigenvalue weighted by Crippen LogP contribution is -2.54. The summed E-state index contributed by atoms with van der Waals surface area (Å²) in [4.78, 5) is 6.58. The monoisotopic (exact) mass is 289 g/mol. The summed E-state index contributed by atoms with van der Waals surface area (Å²) in [6.07, 6.45) is 4.64. The predicted molar refractivity (Wildman–Crippen MR) is 84.9 cm³/mol. The third-order valence-electron chi connectivity index (χ3n) is 5.11. The molecule has 0 saturated heterocycles. The molecule has 114 valence electrons. The van der Waals surface area contributed by atoms with Gasteiger partial charge in [-0.25, -0.2) is 4.39 Å². The van der Waals surface area contributed by atoms with E-state index in [1.807, 2.05) is 6.07 Å². The first kappa shape index (κ1) is 14.4. The highest BCUT2D eigenvalue weighted by molar-refractivity contribution is 5.98. The molecule has 2 unspecified atom stereocenters. The summed E-state index contributed by atoms with van der Waals surface area (Å²) in [5.74, 6) is 1.66. The summed E-state index contributed by atoms with van der Waals surface area (Å²) in [5, 5.41) is 0. The van der Waals surface area contributed by atoms with Gasteiger partial charge in [0, 0.05) is 5.69 Å². The molecule has 3 nitrogen and oxygen atoms in total. The number of hydrogen-bond donors (Lipinski definition) is 1. The number of benzene rings is 1. The van der Waals surface area contributed by atoms with Crippen molar-refractivity contribution in [2.45, 2.75) is 45.1 Å². The minimum atomic E-state index is -0.224. The second kappa shape index (κ2) is 5.32. The molecule has 0 radical (unpaired) electrons. The second-order valence-corrected chi connectivity index (χ2v) is 6.81. The molecule has 21 heavy (non-hydrogen) atoms. The average molecular weight is 289 g/mol. The van der Waals surface area contributed by atoms with Crippen molar-refractivity contribution in [1.29, 1.82) is 0 Å². The molecule has 0 aromatic heterocycles. The molecule has 1 saturated carbocycles. The largest absolute Gasteiger partial charge is 0.369 e. The van der Waals surface area contributed by atoms with Gasteiger partial charge in [-0.1, -0.05) is 32.8 Å². The molecular formula is C17H24FN3. The number of rotatable bonds is 2. The van der Waals surface area contributed by atoms with E-state index in [4.69, 9.17) is 5.73 Å². The molecule has 1 aromatic carbocycles. The lowest BCUT2D eigenvalue weighted by Gasteiger charge is -2.45. The molecule has 1 fully saturated rings. The summed E-state index contributed by atoms with van der Waals surface area (Å²) in [7, 11) is 0. The van der Waals surface area contributed by atoms with Crippen LogP contribution in [0.15, 0.2) is 29.3 Å². The van der Waals surface area contributed by atoms with Crippen molar-refractivity contribution in [2.75, 3.05) is 11.4 Å². The summed E-state index contributed by atoms with van der Waals surface area (Å²) in [6.45, 7) is 5.31. The van der Waals surface area contributed by atoms with Crippen LogP contribution in [0.4, 0.5) is 10.1 Å². The molecule has 0 amide bonds. The van der Waals surface area contributed by atoms with Crippen molar-refractivity contribution in [1.82, 2.24) is 0 Å². The molecule has 1 heterocycles. The Kier molecular flexibility index (Phi) is 3.64. The van der Waals surface area contributed by atoms with E-state index in [1.165, 1.54) is 18.9 Å². The van der Waals surface area contributed by atoms with Crippen LogP contribution in [0.1, 0.15) is 39.5 Å². The Morgan fingerprint density at radius 1 is 1.43 bits per heavy atom. The molecule has 0 bridgehead atoms. The summed E-state index contributed by atoms with van der Waals surface area (Å²) in [6, 6.07) is 6.70. The van der Waals surface area contributed by atoms with Crippen molar-refractivity contribution in [2.24, 2.45) is 22.6 Å². The zero-order valence-corrected chi connectivity index (χ0v) is 12.8. The minimum absolute atomic E-state index is 0.0505. The Hall–Kier alpha value is -1.58. The average Bonchev–Trinajstić information content (AvgIpc) is 2.75. The van der Waals surface area contributed by atoms with Gasteiger partial charge >= 0.3 is 0 Å². The molecule has 3 rings (SSSR count). The van der Waals surface area contributed by atoms with E-state index in [0.717, 1.165) is 25.1 Å². The number of nitrogens with zero attached hydrogens (tertiary/aromatic N) is 2. The van der Waals surface area contributed by atoms with Crippen LogP contribution < -0.4 is 10.6 Å². The Morgan fingerprint density at radius 2 is 2.24 bits per heavy atom. The van der Waals surface area contributed by atoms with Crippen molar-refractivity contribution in [3.05, 3.63) is 30.1 Å². The van der Waals surface area contributed by atoms with E-state index in [2.05, 4.69) is 23.7 Å². The van der Waals surface area contributed by atoms with Crippen LogP contribution in [-0.4, -0.2) is 18.0 Å². The second-order valence-electron chi connectivity index (χ2n) is 6.81. The summed E-state index contributed by atoms with van der Waals surface area (Å²) >= 11 is 0. The summed E-state index contributed by atoms with van der Waals surface area (Å²) < 4.78 is 13.6. The zero-order chi connectivity index (χ0) is 15.0. The van der Waals surface area contributed by atoms with E-state index in [0.29, 0.717) is 17.8 Å². The van der Waals surface area contributed by atoms with Crippen LogP contribution in [-0.2, 0) is 0 Å². The highest BCUT2D eigenvalue weighted by Gasteiger charge is 2.46. The molecular weight excluding hydrogens is 265 g/mol. The zero-order valence-electron chi connectivity index (χ0n) is 12.8. The molecule has 2 aliphatic rings. The Morgan fingerprint density at radius 3 is 2.95 bits per heavy atom. The molecule has 2 atom stereocenters. The van der Waals surface area contributed by atoms with Crippen molar-refractivity contribution in [3.8, 4) is 0 Å². The van der Waals surface area contributed by atoms with E-state index < -0.39 is 0 Å². The van der Waals surface area contributed by atoms with Crippen LogP contribution in [0.5, 0.6) is 0 Å². The fourth-order valence-corrected chi connectivity index (χ4v) is 3.94. The van der Waals surface area contributed by atoms with Crippen LogP contribution in [0.2, 0.25) is 0 Å². The Labute approximate surface area is 126 Å². The molecule has 1 aromatic rings. The fourth-order valence-electron chi connectivity index (χ4n) is 3.94. The van der Waals surface area contributed by atoms with Crippen LogP contribution in [0, 0.1) is 17.7 Å². The fraction of sp³-hybridized carbons (Fsp3) is 0.588. The first-order valence-electron chi connectivity index (χ1n) is 7.87. The molecule has 4 heteroatoms. The van der Waals surface area contributed by atoms with Gasteiger partial charge in [0.2, 0.25) is 0 Å². The van der Waals surface area contributed by atoms with E-state index >= 15 is 0 Å². The van der Waals surface area contributed by atoms with Gasteiger partial charge in [0.05, 0.1) is 12.1 Å². The maximum Gasteiger partial charge on any atom is 0.196 e. The number of anilines is 1. The molecule has 1 aliphatic carbocycles. The number of aliphatic imine (C=N–C) groups is 1. The van der Waals surface area contributed by atoms with Gasteiger partial charge in [-0.15, -0.1) is 0 Å². The van der Waals surface area contributed by atoms with Gasteiger partial charge in [0.1, 0.15) is 5.82 Å². The van der Waals surface area contributed by atoms with Gasteiger partial charge in [-0.3, -0.25) is 4.99 Å². The topological polar surface area (TPSA) is 41.6 Å². The molecule has 2 N–H and O–H groups in total. The Bertz CT molecular complexity index is 555. The quantitative estimate of drug-likeness (QED) is 0.904. The van der Waals surface area contributed by atoms with Crippen molar-refractivity contribution >= 4 is 11.6 Å². The highest BCUT2D eigenvalue weighted by Crippen LogP contribution is 2.44. The van der Waals surface area contributed by atoms with E-state index in [-0.39, 0.29) is 11.4 Å². The summed E-state index contributed by atoms with van der Waals surface area (Å²) in [5.41, 5.74) is 6.92. The number of guanidine groups is 1. The lowest BCUT2D eigenvalue weighted by molar-refractivity contribution is 0.195. The van der Waals surface area contributed by atoms with E-state index in [9.17, 15) is 4.39 Å². The smallest absolute Gasteiger partial charge is 0.196 e. The lowest BCUT2D eigenvalue weighted by atomic mass is 9.71. The maximum absolute atomic E-state index is 13.6. The normalized spacial score (nSPS) is 29.2. The molecule has 1 spiro atoms. The first-order chi connectivity index (χ1) is 10.0. The first-order valence-corrected chi connectivity index (χ1v) is 7.87. The van der Waals surface area contributed by atoms with Gasteiger partial charge < -0.3 is 10.6 Å². The highest BCUT2D eigenvalue weighted by atomic mass is 19.1. The predicted octanol–water partition coefficient (Wildman–Crippen LogP) is 3.55. The Balaban J connectivity index is 1.94. The standard InChI is InChI=1S/C17H24FN3/c1-12(2)13-5-4-8-17(10-13)11-20-16(19)21(17)15-7-3-6-14(18)9-15/h3,6-7,9,12-13H,4-5,8,10-11H2,1-2H3,(H2,19,20). The van der Waals surface area contributed by atoms with Gasteiger partial charge in [-0.2, -0.15) is 0 Å². The van der Waals surface area contributed by atoms with Gasteiger partial charge in [0.15, 0.2) is 5.96 Å². The van der Waals surface area contributed by atoms with Crippen LogP contribution in [0.3, 0.4) is 0 Å². The number of halogens is 1. The van der Waals surface area contributed by atoms with Crippen molar-refractivity contribution < 1.29 is 4.39 Å². The number of hydrogen-bond acceptors (Lipinski definition) is 3. The SMILES string of the molecule is CC(C)C1CCCC2(CN=C(N)N2c2cccc(F)c2)C1. The molecule has 1 aliphatic heterocycles. The van der Waals surface area contributed by atoms with Gasteiger partial charge in [-0.05, 0) is 42.9 Å². The number of nitrogens with two attached hydrogens (primary N) is 1. The minimum Gasteiger partial charge on any atom is -0.369 e. The van der Waals surface area contributed by atoms with Gasteiger partial charge in [0.25, 0.3) is 0 Å². The van der Waals surface area contributed by atoms with Crippen LogP contribution >= 0.6 is 0 Å². The third kappa shape index (κ3) is 2.52. The third-order valence-corrected chi connectivity index (χ3v) is 5.11. The maximum atomic E-state index is 13.6. The van der Waals surface area contributed by atoms with Crippen molar-refractivity contribution in [3.63, 3.8) is 0 Å².